The number of ether oxygens (including phenoxy) is 1. The number of hydrogen-bond donors (Lipinski definition) is 1. The molecule has 1 aliphatic heterocycles. The van der Waals surface area contributed by atoms with Gasteiger partial charge in [-0.1, -0.05) is 18.9 Å². The molecule has 0 spiro atoms. The number of rotatable bonds is 4. The molecule has 0 radical (unpaired) electrons. The zero-order valence-corrected chi connectivity index (χ0v) is 14.8. The summed E-state index contributed by atoms with van der Waals surface area (Å²) in [5.74, 6) is 1.08. The number of carbonyl (C=O) groups is 1. The van der Waals surface area contributed by atoms with Gasteiger partial charge in [0.2, 0.25) is 5.95 Å². The van der Waals surface area contributed by atoms with Crippen LogP contribution in [0.25, 0.3) is 0 Å². The van der Waals surface area contributed by atoms with Gasteiger partial charge in [-0.2, -0.15) is 0 Å². The van der Waals surface area contributed by atoms with Gasteiger partial charge < -0.3 is 15.0 Å². The Morgan fingerprint density at radius 1 is 1.12 bits per heavy atom. The van der Waals surface area contributed by atoms with Crippen LogP contribution >= 0.6 is 0 Å². The summed E-state index contributed by atoms with van der Waals surface area (Å²) >= 11 is 0. The highest BCUT2D eigenvalue weighted by Gasteiger charge is 2.15. The fourth-order valence-corrected chi connectivity index (χ4v) is 2.99. The summed E-state index contributed by atoms with van der Waals surface area (Å²) in [5.41, 5.74) is 2.12. The quantitative estimate of drug-likeness (QED) is 0.923. The van der Waals surface area contributed by atoms with Crippen molar-refractivity contribution in [2.75, 3.05) is 30.4 Å². The normalized spacial score (nSPS) is 14.7. The van der Waals surface area contributed by atoms with Crippen LogP contribution < -0.4 is 15.0 Å². The number of amides is 1. The van der Waals surface area contributed by atoms with Crippen molar-refractivity contribution >= 4 is 17.5 Å². The molecule has 3 rings (SSSR count). The lowest BCUT2D eigenvalue weighted by Crippen LogP contribution is -2.26. The van der Waals surface area contributed by atoms with Crippen molar-refractivity contribution in [3.05, 3.63) is 41.7 Å². The Bertz CT molecular complexity index is 723. The summed E-state index contributed by atoms with van der Waals surface area (Å²) in [4.78, 5) is 23.4. The maximum absolute atomic E-state index is 12.5. The second kappa shape index (κ2) is 7.96. The maximum atomic E-state index is 12.5. The minimum Gasteiger partial charge on any atom is -0.495 e. The third-order valence-corrected chi connectivity index (χ3v) is 4.39. The van der Waals surface area contributed by atoms with Crippen molar-refractivity contribution in [1.29, 1.82) is 0 Å². The van der Waals surface area contributed by atoms with Gasteiger partial charge in [0.1, 0.15) is 5.75 Å². The zero-order chi connectivity index (χ0) is 17.6. The molecule has 1 fully saturated rings. The lowest BCUT2D eigenvalue weighted by atomic mass is 10.2. The molecule has 0 unspecified atom stereocenters. The van der Waals surface area contributed by atoms with Crippen LogP contribution in [0.1, 0.15) is 41.6 Å². The molecule has 132 valence electrons. The third-order valence-electron chi connectivity index (χ3n) is 4.39. The fraction of sp³-hybridized carbons (Fsp3) is 0.421. The smallest absolute Gasteiger partial charge is 0.258 e. The molecule has 1 aromatic heterocycles. The maximum Gasteiger partial charge on any atom is 0.258 e. The number of aromatic nitrogens is 2. The highest BCUT2D eigenvalue weighted by Crippen LogP contribution is 2.25. The Hall–Kier alpha value is -2.63. The summed E-state index contributed by atoms with van der Waals surface area (Å²) in [6.45, 7) is 3.92. The molecule has 0 saturated carbocycles. The third kappa shape index (κ3) is 4.26. The minimum absolute atomic E-state index is 0.244. The van der Waals surface area contributed by atoms with Crippen molar-refractivity contribution in [2.24, 2.45) is 0 Å². The first-order valence-electron chi connectivity index (χ1n) is 8.70. The standard InChI is InChI=1S/C19H24N4O2/c1-14-7-8-17(25-2)16(11-14)22-18(24)15-12-20-19(21-13-15)23-9-5-3-4-6-10-23/h7-8,11-13H,3-6,9-10H2,1-2H3,(H,22,24). The molecule has 1 amide bonds. The van der Waals surface area contributed by atoms with Gasteiger partial charge in [-0.25, -0.2) is 9.97 Å². The van der Waals surface area contributed by atoms with Crippen LogP contribution in [-0.2, 0) is 0 Å². The first-order valence-corrected chi connectivity index (χ1v) is 8.70. The van der Waals surface area contributed by atoms with Crippen LogP contribution in [0, 0.1) is 6.92 Å². The van der Waals surface area contributed by atoms with E-state index in [0.717, 1.165) is 18.7 Å². The molecule has 6 heteroatoms. The van der Waals surface area contributed by atoms with E-state index in [4.69, 9.17) is 4.74 Å². The number of benzene rings is 1. The van der Waals surface area contributed by atoms with Gasteiger partial charge in [-0.3, -0.25) is 4.79 Å². The number of carbonyl (C=O) groups excluding carboxylic acids is 1. The topological polar surface area (TPSA) is 67.3 Å². The summed E-state index contributed by atoms with van der Waals surface area (Å²) in [6.07, 6.45) is 8.03. The van der Waals surface area contributed by atoms with Crippen molar-refractivity contribution in [3.63, 3.8) is 0 Å². The number of nitrogens with one attached hydrogen (secondary N) is 1. The van der Waals surface area contributed by atoms with E-state index in [2.05, 4.69) is 20.2 Å². The van der Waals surface area contributed by atoms with Gasteiger partial charge in [-0.05, 0) is 37.5 Å². The van der Waals surface area contributed by atoms with E-state index in [0.29, 0.717) is 22.9 Å². The van der Waals surface area contributed by atoms with E-state index >= 15 is 0 Å². The Kier molecular flexibility index (Phi) is 5.48. The molecule has 1 aliphatic rings. The van der Waals surface area contributed by atoms with Crippen LogP contribution in [0.2, 0.25) is 0 Å². The summed E-state index contributed by atoms with van der Waals surface area (Å²) in [5, 5.41) is 2.87. The zero-order valence-electron chi connectivity index (χ0n) is 14.8. The number of aryl methyl sites for hydroxylation is 1. The van der Waals surface area contributed by atoms with Crippen LogP contribution in [0.4, 0.5) is 11.6 Å². The molecule has 1 saturated heterocycles. The number of methoxy groups -OCH3 is 1. The average molecular weight is 340 g/mol. The summed E-state index contributed by atoms with van der Waals surface area (Å²) < 4.78 is 5.29. The van der Waals surface area contributed by atoms with E-state index in [1.165, 1.54) is 25.7 Å². The Morgan fingerprint density at radius 3 is 2.44 bits per heavy atom. The van der Waals surface area contributed by atoms with E-state index in [-0.39, 0.29) is 5.91 Å². The van der Waals surface area contributed by atoms with E-state index < -0.39 is 0 Å². The molecule has 25 heavy (non-hydrogen) atoms. The van der Waals surface area contributed by atoms with Gasteiger partial charge in [-0.15, -0.1) is 0 Å². The lowest BCUT2D eigenvalue weighted by Gasteiger charge is -2.19. The monoisotopic (exact) mass is 340 g/mol. The lowest BCUT2D eigenvalue weighted by molar-refractivity contribution is 0.102. The van der Waals surface area contributed by atoms with E-state index in [1.807, 2.05) is 25.1 Å². The van der Waals surface area contributed by atoms with Gasteiger partial charge in [0.25, 0.3) is 5.91 Å². The van der Waals surface area contributed by atoms with Gasteiger partial charge in [0, 0.05) is 25.5 Å². The summed E-state index contributed by atoms with van der Waals surface area (Å²) in [6, 6.07) is 5.65. The van der Waals surface area contributed by atoms with Crippen LogP contribution in [0.3, 0.4) is 0 Å². The predicted octanol–water partition coefficient (Wildman–Crippen LogP) is 3.43. The van der Waals surface area contributed by atoms with Gasteiger partial charge in [0.05, 0.1) is 18.4 Å². The molecule has 6 nitrogen and oxygen atoms in total. The number of hydrogen-bond acceptors (Lipinski definition) is 5. The first-order chi connectivity index (χ1) is 12.2. The van der Waals surface area contributed by atoms with Crippen LogP contribution in [0.15, 0.2) is 30.6 Å². The Labute approximate surface area is 148 Å². The molecule has 0 atom stereocenters. The SMILES string of the molecule is COc1ccc(C)cc1NC(=O)c1cnc(N2CCCCCC2)nc1. The van der Waals surface area contributed by atoms with Crippen LogP contribution in [-0.4, -0.2) is 36.1 Å². The fourth-order valence-electron chi connectivity index (χ4n) is 2.99. The molecular weight excluding hydrogens is 316 g/mol. The number of nitrogens with zero attached hydrogens (tertiary/aromatic N) is 3. The second-order valence-electron chi connectivity index (χ2n) is 6.33. The second-order valence-corrected chi connectivity index (χ2v) is 6.33. The largest absolute Gasteiger partial charge is 0.495 e. The van der Waals surface area contributed by atoms with E-state index in [9.17, 15) is 4.79 Å². The van der Waals surface area contributed by atoms with Crippen LogP contribution in [0.5, 0.6) is 5.75 Å². The molecule has 1 aromatic carbocycles. The molecular formula is C19H24N4O2. The molecule has 2 aromatic rings. The molecule has 2 heterocycles. The average Bonchev–Trinajstić information content (AvgIpc) is 2.91. The van der Waals surface area contributed by atoms with Gasteiger partial charge >= 0.3 is 0 Å². The molecule has 0 bridgehead atoms. The highest BCUT2D eigenvalue weighted by atomic mass is 16.5. The van der Waals surface area contributed by atoms with Crippen molar-refractivity contribution in [2.45, 2.75) is 32.6 Å². The van der Waals surface area contributed by atoms with E-state index in [1.54, 1.807) is 19.5 Å². The number of anilines is 2. The molecule has 0 aliphatic carbocycles. The van der Waals surface area contributed by atoms with Crippen molar-refractivity contribution < 1.29 is 9.53 Å². The highest BCUT2D eigenvalue weighted by molar-refractivity contribution is 6.04. The van der Waals surface area contributed by atoms with Crippen molar-refractivity contribution in [1.82, 2.24) is 9.97 Å². The Balaban J connectivity index is 1.71. The Morgan fingerprint density at radius 2 is 1.80 bits per heavy atom. The molecule has 1 N–H and O–H groups in total. The first kappa shape index (κ1) is 17.2. The van der Waals surface area contributed by atoms with Crippen molar-refractivity contribution in [3.8, 4) is 5.75 Å². The minimum atomic E-state index is -0.244. The predicted molar refractivity (Wildman–Crippen MR) is 98.4 cm³/mol. The van der Waals surface area contributed by atoms with Gasteiger partial charge in [0.15, 0.2) is 0 Å². The summed E-state index contributed by atoms with van der Waals surface area (Å²) in [7, 11) is 1.58.